The summed E-state index contributed by atoms with van der Waals surface area (Å²) in [6.07, 6.45) is 3.63. The summed E-state index contributed by atoms with van der Waals surface area (Å²) in [5.74, 6) is -0.0226. The first kappa shape index (κ1) is 15.9. The van der Waals surface area contributed by atoms with Gasteiger partial charge in [0, 0.05) is 22.9 Å². The third-order valence-corrected chi connectivity index (χ3v) is 4.33. The van der Waals surface area contributed by atoms with Crippen molar-refractivity contribution >= 4 is 34.8 Å². The first-order valence-electron chi connectivity index (χ1n) is 6.36. The van der Waals surface area contributed by atoms with E-state index in [0.717, 1.165) is 22.3 Å². The summed E-state index contributed by atoms with van der Waals surface area (Å²) < 4.78 is 13.7. The van der Waals surface area contributed by atoms with Gasteiger partial charge in [-0.05, 0) is 42.7 Å². The van der Waals surface area contributed by atoms with E-state index in [9.17, 15) is 4.39 Å². The van der Waals surface area contributed by atoms with Crippen molar-refractivity contribution in [2.24, 2.45) is 10.7 Å². The number of hydrogen-bond acceptors (Lipinski definition) is 3. The normalized spacial score (nSPS) is 17.7. The Bertz CT molecular complexity index is 702. The molecule has 0 radical (unpaired) electrons. The second kappa shape index (κ2) is 6.50. The molecule has 2 N–H and O–H groups in total. The molecule has 0 aromatic heterocycles. The van der Waals surface area contributed by atoms with Crippen molar-refractivity contribution < 1.29 is 4.39 Å². The molecule has 0 atom stereocenters. The fourth-order valence-electron chi connectivity index (χ4n) is 2.17. The van der Waals surface area contributed by atoms with E-state index in [1.54, 1.807) is 30.1 Å². The first-order chi connectivity index (χ1) is 9.97. The zero-order chi connectivity index (χ0) is 15.6. The minimum Gasteiger partial charge on any atom is -0.383 e. The minimum atomic E-state index is -0.450. The number of amidine groups is 1. The highest BCUT2D eigenvalue weighted by Crippen LogP contribution is 2.36. The van der Waals surface area contributed by atoms with Crippen LogP contribution in [0.3, 0.4) is 0 Å². The average molecular weight is 323 g/mol. The van der Waals surface area contributed by atoms with Crippen LogP contribution in [0.2, 0.25) is 5.02 Å². The van der Waals surface area contributed by atoms with Crippen molar-refractivity contribution in [1.29, 1.82) is 0 Å². The van der Waals surface area contributed by atoms with Crippen molar-refractivity contribution in [3.8, 4) is 0 Å². The van der Waals surface area contributed by atoms with Crippen LogP contribution < -0.4 is 5.73 Å². The van der Waals surface area contributed by atoms with Crippen molar-refractivity contribution in [1.82, 2.24) is 0 Å². The van der Waals surface area contributed by atoms with Crippen LogP contribution in [0.25, 0.3) is 5.57 Å². The minimum absolute atomic E-state index is 0.0884. The van der Waals surface area contributed by atoms with Gasteiger partial charge in [-0.15, -0.1) is 11.8 Å². The molecule has 0 amide bonds. The van der Waals surface area contributed by atoms with Gasteiger partial charge in [-0.3, -0.25) is 0 Å². The summed E-state index contributed by atoms with van der Waals surface area (Å²) in [4.78, 5) is 4.17. The SMILES string of the molecule is CS/C=C(C)/C(C)=C1\C(c2cccc(F)c2Cl)=CN=C1N. The standard InChI is InChI=1S/C16H16ClFN2S/c1-9(8-21-3)10(2)14-12(7-20-16(14)19)11-5-4-6-13(18)15(11)17/h4-8H,1-3H3,(H2,19,20)/b9-8+,14-10+. The van der Waals surface area contributed by atoms with Gasteiger partial charge in [0.05, 0.1) is 5.02 Å². The molecule has 21 heavy (non-hydrogen) atoms. The molecular weight excluding hydrogens is 307 g/mol. The molecule has 1 aliphatic heterocycles. The van der Waals surface area contributed by atoms with Gasteiger partial charge in [-0.25, -0.2) is 9.38 Å². The van der Waals surface area contributed by atoms with Crippen LogP contribution in [0.5, 0.6) is 0 Å². The lowest BCUT2D eigenvalue weighted by molar-refractivity contribution is 0.628. The molecule has 1 aliphatic rings. The number of nitrogens with two attached hydrogens (primary N) is 1. The van der Waals surface area contributed by atoms with Crippen molar-refractivity contribution in [2.75, 3.05) is 6.26 Å². The van der Waals surface area contributed by atoms with Gasteiger partial charge in [0.25, 0.3) is 0 Å². The quantitative estimate of drug-likeness (QED) is 0.870. The maximum atomic E-state index is 13.7. The van der Waals surface area contributed by atoms with Gasteiger partial charge in [0.2, 0.25) is 0 Å². The summed E-state index contributed by atoms with van der Waals surface area (Å²) in [6, 6.07) is 4.73. The van der Waals surface area contributed by atoms with E-state index in [1.807, 2.05) is 25.5 Å². The van der Waals surface area contributed by atoms with Crippen LogP contribution in [0.4, 0.5) is 4.39 Å². The largest absolute Gasteiger partial charge is 0.383 e. The molecule has 0 bridgehead atoms. The maximum Gasteiger partial charge on any atom is 0.142 e. The van der Waals surface area contributed by atoms with E-state index >= 15 is 0 Å². The number of aliphatic imine (C=N–C) groups is 1. The summed E-state index contributed by atoms with van der Waals surface area (Å²) in [5.41, 5.74) is 10.3. The van der Waals surface area contributed by atoms with Crippen LogP contribution in [0.15, 0.2) is 51.5 Å². The monoisotopic (exact) mass is 322 g/mol. The summed E-state index contributed by atoms with van der Waals surface area (Å²) in [6.45, 7) is 3.99. The average Bonchev–Trinajstić information content (AvgIpc) is 2.83. The van der Waals surface area contributed by atoms with Crippen LogP contribution in [0.1, 0.15) is 19.4 Å². The summed E-state index contributed by atoms with van der Waals surface area (Å²) >= 11 is 7.70. The topological polar surface area (TPSA) is 38.4 Å². The maximum absolute atomic E-state index is 13.7. The molecule has 0 saturated heterocycles. The number of nitrogens with zero attached hydrogens (tertiary/aromatic N) is 1. The van der Waals surface area contributed by atoms with Crippen LogP contribution in [-0.4, -0.2) is 12.1 Å². The highest BCUT2D eigenvalue weighted by Gasteiger charge is 2.22. The predicted octanol–water partition coefficient (Wildman–Crippen LogP) is 4.77. The van der Waals surface area contributed by atoms with Crippen LogP contribution in [0, 0.1) is 5.82 Å². The molecule has 0 aliphatic carbocycles. The van der Waals surface area contributed by atoms with Crippen LogP contribution >= 0.6 is 23.4 Å². The first-order valence-corrected chi connectivity index (χ1v) is 8.03. The highest BCUT2D eigenvalue weighted by atomic mass is 35.5. The Balaban J connectivity index is 2.58. The summed E-state index contributed by atoms with van der Waals surface area (Å²) in [7, 11) is 0. The van der Waals surface area contributed by atoms with Gasteiger partial charge in [0.15, 0.2) is 0 Å². The molecule has 0 fully saturated rings. The van der Waals surface area contributed by atoms with Gasteiger partial charge >= 0.3 is 0 Å². The van der Waals surface area contributed by atoms with E-state index in [2.05, 4.69) is 4.99 Å². The van der Waals surface area contributed by atoms with Crippen LogP contribution in [-0.2, 0) is 0 Å². The molecule has 1 aromatic carbocycles. The van der Waals surface area contributed by atoms with E-state index in [0.29, 0.717) is 11.4 Å². The van der Waals surface area contributed by atoms with Gasteiger partial charge < -0.3 is 5.73 Å². The fourth-order valence-corrected chi connectivity index (χ4v) is 2.93. The highest BCUT2D eigenvalue weighted by molar-refractivity contribution is 8.01. The lowest BCUT2D eigenvalue weighted by atomic mass is 9.93. The Morgan fingerprint density at radius 1 is 1.38 bits per heavy atom. The molecule has 2 nitrogen and oxygen atoms in total. The van der Waals surface area contributed by atoms with E-state index in [4.69, 9.17) is 17.3 Å². The Hall–Kier alpha value is -1.52. The number of benzene rings is 1. The second-order valence-electron chi connectivity index (χ2n) is 4.70. The lowest BCUT2D eigenvalue weighted by Gasteiger charge is -2.13. The van der Waals surface area contributed by atoms with Gasteiger partial charge in [0.1, 0.15) is 11.7 Å². The zero-order valence-electron chi connectivity index (χ0n) is 12.1. The number of rotatable bonds is 3. The molecule has 0 spiro atoms. The second-order valence-corrected chi connectivity index (χ2v) is 5.78. The van der Waals surface area contributed by atoms with E-state index < -0.39 is 5.82 Å². The number of halogens is 2. The van der Waals surface area contributed by atoms with E-state index in [-0.39, 0.29) is 5.02 Å². The molecule has 2 rings (SSSR count). The zero-order valence-corrected chi connectivity index (χ0v) is 13.6. The number of hydrogen-bond donors (Lipinski definition) is 1. The van der Waals surface area contributed by atoms with Gasteiger partial charge in [-0.1, -0.05) is 23.7 Å². The van der Waals surface area contributed by atoms with Crippen molar-refractivity contribution in [2.45, 2.75) is 13.8 Å². The number of allylic oxidation sites excluding steroid dienone is 2. The van der Waals surface area contributed by atoms with E-state index in [1.165, 1.54) is 6.07 Å². The van der Waals surface area contributed by atoms with Gasteiger partial charge in [-0.2, -0.15) is 0 Å². The Labute approximate surface area is 133 Å². The molecule has 0 saturated carbocycles. The molecule has 5 heteroatoms. The third kappa shape index (κ3) is 3.06. The fraction of sp³-hybridized carbons (Fsp3) is 0.188. The Kier molecular flexibility index (Phi) is 4.91. The van der Waals surface area contributed by atoms with Crippen molar-refractivity contribution in [3.05, 3.63) is 62.9 Å². The van der Waals surface area contributed by atoms with Crippen molar-refractivity contribution in [3.63, 3.8) is 0 Å². The molecular formula is C16H16ClFN2S. The predicted molar refractivity (Wildman–Crippen MR) is 91.0 cm³/mol. The molecule has 1 aromatic rings. The third-order valence-electron chi connectivity index (χ3n) is 3.36. The Morgan fingerprint density at radius 2 is 2.10 bits per heavy atom. The molecule has 0 unspecified atom stereocenters. The Morgan fingerprint density at radius 3 is 2.76 bits per heavy atom. The lowest BCUT2D eigenvalue weighted by Crippen LogP contribution is -2.14. The smallest absolute Gasteiger partial charge is 0.142 e. The summed E-state index contributed by atoms with van der Waals surface area (Å²) in [5, 5.41) is 2.13. The molecule has 1 heterocycles. The number of thioether (sulfide) groups is 1. The molecule has 110 valence electrons.